The van der Waals surface area contributed by atoms with Gasteiger partial charge in [0, 0.05) is 39.4 Å². The molecular weight excluding hydrogens is 677 g/mol. The summed E-state index contributed by atoms with van der Waals surface area (Å²) >= 11 is 0. The molecule has 2 aromatic rings. The molecule has 0 aliphatic heterocycles. The zero-order chi connectivity index (χ0) is 43.2. The van der Waals surface area contributed by atoms with Crippen molar-refractivity contribution in [1.29, 1.82) is 5.41 Å². The number of pyridine rings is 1. The lowest BCUT2D eigenvalue weighted by molar-refractivity contribution is 0.0909. The largest absolute Gasteiger partial charge is 0.453 e. The molecule has 0 unspecified atom stereocenters. The molecule has 6 nitrogen and oxygen atoms in total. The number of ketones is 1. The molecular formula is C49H88N4O2. The zero-order valence-corrected chi connectivity index (χ0v) is 39.2. The van der Waals surface area contributed by atoms with Crippen LogP contribution in [0, 0.1) is 47.3 Å². The molecule has 1 aliphatic rings. The van der Waals surface area contributed by atoms with Crippen molar-refractivity contribution >= 4 is 23.1 Å². The van der Waals surface area contributed by atoms with Gasteiger partial charge in [-0.15, -0.1) is 0 Å². The number of nitrogens with one attached hydrogen (secondary N) is 1. The molecule has 0 radical (unpaired) electrons. The number of carbonyl (C=O) groups is 1. The summed E-state index contributed by atoms with van der Waals surface area (Å²) in [6, 6.07) is 5.90. The van der Waals surface area contributed by atoms with E-state index in [2.05, 4.69) is 126 Å². The first-order valence-corrected chi connectivity index (χ1v) is 21.4. The Morgan fingerprint density at radius 2 is 1.49 bits per heavy atom. The quantitative estimate of drug-likeness (QED) is 0.0963. The number of rotatable bonds is 10. The summed E-state index contributed by atoms with van der Waals surface area (Å²) in [6.45, 7) is 39.2. The SMILES string of the molecule is CCCC.CCCC(=N)c1ccc(C)nc1C.CCCC(C)(C)C.CC\C=c1/cc(C(=O)C(C)C)o/c1=C(/C=C(\C)C1CCC(C)(C)CC1)C(C)(C)C.NN. The van der Waals surface area contributed by atoms with E-state index in [1.165, 1.54) is 62.5 Å². The first kappa shape index (κ1) is 54.3. The number of allylic oxidation sites excluding steroid dienone is 2. The fourth-order valence-electron chi connectivity index (χ4n) is 6.36. The minimum Gasteiger partial charge on any atom is -0.453 e. The Morgan fingerprint density at radius 1 is 0.945 bits per heavy atom. The minimum atomic E-state index is -0.0679. The maximum atomic E-state index is 12.6. The van der Waals surface area contributed by atoms with Gasteiger partial charge in [-0.2, -0.15) is 0 Å². The molecule has 0 bridgehead atoms. The lowest BCUT2D eigenvalue weighted by Gasteiger charge is -2.35. The highest BCUT2D eigenvalue weighted by atomic mass is 16.3. The van der Waals surface area contributed by atoms with Crippen molar-refractivity contribution in [3.63, 3.8) is 0 Å². The third-order valence-electron chi connectivity index (χ3n) is 9.91. The van der Waals surface area contributed by atoms with Gasteiger partial charge in [-0.05, 0) is 106 Å². The number of nitrogens with zero attached hydrogens (tertiary/aromatic N) is 1. The van der Waals surface area contributed by atoms with E-state index in [0.717, 1.165) is 46.8 Å². The Hall–Kier alpha value is -2.83. The molecule has 3 rings (SSSR count). The molecule has 5 N–H and O–H groups in total. The van der Waals surface area contributed by atoms with Crippen molar-refractivity contribution in [2.75, 3.05) is 0 Å². The van der Waals surface area contributed by atoms with Crippen LogP contribution in [0.4, 0.5) is 0 Å². The first-order valence-electron chi connectivity index (χ1n) is 21.4. The van der Waals surface area contributed by atoms with Gasteiger partial charge in [0.2, 0.25) is 5.78 Å². The highest BCUT2D eigenvalue weighted by Gasteiger charge is 2.28. The van der Waals surface area contributed by atoms with Gasteiger partial charge in [-0.1, -0.05) is 147 Å². The number of hydrogen-bond donors (Lipinski definition) is 3. The predicted octanol–water partition coefficient (Wildman–Crippen LogP) is 13.0. The van der Waals surface area contributed by atoms with E-state index in [0.29, 0.717) is 28.2 Å². The van der Waals surface area contributed by atoms with Gasteiger partial charge >= 0.3 is 0 Å². The average Bonchev–Trinajstić information content (AvgIpc) is 3.50. The Bertz CT molecular complexity index is 1530. The Kier molecular flexibility index (Phi) is 26.6. The monoisotopic (exact) mass is 765 g/mol. The summed E-state index contributed by atoms with van der Waals surface area (Å²) in [6.07, 6.45) is 17.7. The number of aromatic nitrogens is 1. The predicted molar refractivity (Wildman–Crippen MR) is 243 cm³/mol. The molecule has 1 fully saturated rings. The average molecular weight is 765 g/mol. The van der Waals surface area contributed by atoms with Crippen molar-refractivity contribution in [3.8, 4) is 0 Å². The molecule has 0 atom stereocenters. The summed E-state index contributed by atoms with van der Waals surface area (Å²) < 4.78 is 6.24. The van der Waals surface area contributed by atoms with Crippen LogP contribution < -0.4 is 22.3 Å². The van der Waals surface area contributed by atoms with E-state index in [-0.39, 0.29) is 17.1 Å². The number of unbranched alkanes of at least 4 members (excludes halogenated alkanes) is 1. The second kappa shape index (κ2) is 26.9. The standard InChI is InChI=1S/C27H42O2.C11H16N2.C7H16.C4H10.H4N2/c1-10-11-21-17-23(24(28)18(2)3)29-25(21)22(26(5,6)7)16-19(4)20-12-14-27(8,9)15-13-20;1-4-5-11(12)10-7-6-8(2)13-9(10)3;1-5-6-7(2,3)4;1-3-4-2;1-2/h11,16-18,20H,10,12-15H2,1-9H3;6-7,12H,4-5H2,1-3H3;5-6H2,1-4H3;3-4H2,1-2H3;1-2H2/b19-16+,21-11+,25-22-;;;;. The number of furan rings is 1. The molecule has 1 saturated carbocycles. The van der Waals surface area contributed by atoms with E-state index in [4.69, 9.17) is 9.83 Å². The summed E-state index contributed by atoms with van der Waals surface area (Å²) in [5.74, 6) is 9.14. The molecule has 0 aromatic carbocycles. The van der Waals surface area contributed by atoms with Crippen LogP contribution in [0.2, 0.25) is 0 Å². The van der Waals surface area contributed by atoms with Crippen molar-refractivity contribution in [2.24, 2.45) is 39.8 Å². The number of hydrazine groups is 1. The van der Waals surface area contributed by atoms with Crippen molar-refractivity contribution in [1.82, 2.24) is 4.98 Å². The molecule has 2 heterocycles. The van der Waals surface area contributed by atoms with E-state index >= 15 is 0 Å². The van der Waals surface area contributed by atoms with Crippen LogP contribution in [0.3, 0.4) is 0 Å². The summed E-state index contributed by atoms with van der Waals surface area (Å²) in [5.41, 5.74) is 8.16. The maximum absolute atomic E-state index is 12.6. The van der Waals surface area contributed by atoms with E-state index in [1.807, 2.05) is 45.9 Å². The number of aryl methyl sites for hydroxylation is 2. The molecule has 55 heavy (non-hydrogen) atoms. The van der Waals surface area contributed by atoms with Crippen LogP contribution in [0.1, 0.15) is 209 Å². The number of hydrogen-bond acceptors (Lipinski definition) is 6. The lowest BCUT2D eigenvalue weighted by Crippen LogP contribution is -2.28. The van der Waals surface area contributed by atoms with Crippen LogP contribution in [0.25, 0.3) is 11.6 Å². The number of Topliss-reactive ketones (excluding diaryl/α,β-unsaturated/α-hetero) is 1. The molecule has 2 aromatic heterocycles. The number of nitrogens with two attached hydrogens (primary N) is 2. The van der Waals surface area contributed by atoms with Gasteiger partial charge in [0.25, 0.3) is 0 Å². The van der Waals surface area contributed by atoms with Crippen molar-refractivity contribution in [3.05, 3.63) is 63.2 Å². The van der Waals surface area contributed by atoms with Crippen LogP contribution in [0.5, 0.6) is 0 Å². The topological polar surface area (TPSA) is 119 Å². The van der Waals surface area contributed by atoms with Gasteiger partial charge in [0.1, 0.15) is 5.42 Å². The second-order valence-electron chi connectivity index (χ2n) is 18.6. The smallest absolute Gasteiger partial charge is 0.200 e. The normalized spacial score (nSPS) is 15.3. The van der Waals surface area contributed by atoms with Gasteiger partial charge in [-0.3, -0.25) is 21.5 Å². The van der Waals surface area contributed by atoms with Gasteiger partial charge in [-0.25, -0.2) is 0 Å². The van der Waals surface area contributed by atoms with E-state index in [9.17, 15) is 4.79 Å². The van der Waals surface area contributed by atoms with Crippen LogP contribution >= 0.6 is 0 Å². The second-order valence-corrected chi connectivity index (χ2v) is 18.6. The van der Waals surface area contributed by atoms with Gasteiger partial charge < -0.3 is 9.83 Å². The third kappa shape index (κ3) is 21.9. The summed E-state index contributed by atoms with van der Waals surface area (Å²) in [5, 5.41) is 8.85. The molecule has 6 heteroatoms. The van der Waals surface area contributed by atoms with Crippen LogP contribution in [0.15, 0.2) is 34.3 Å². The first-order chi connectivity index (χ1) is 25.5. The van der Waals surface area contributed by atoms with Crippen LogP contribution in [-0.4, -0.2) is 16.5 Å². The number of carbonyl (C=O) groups excluding carboxylic acids is 1. The molecule has 0 amide bonds. The molecule has 0 saturated heterocycles. The Balaban J connectivity index is 0. The summed E-state index contributed by atoms with van der Waals surface area (Å²) in [7, 11) is 0. The maximum Gasteiger partial charge on any atom is 0.200 e. The highest BCUT2D eigenvalue weighted by Crippen LogP contribution is 2.41. The lowest BCUT2D eigenvalue weighted by atomic mass is 9.71. The molecule has 316 valence electrons. The van der Waals surface area contributed by atoms with E-state index < -0.39 is 0 Å². The van der Waals surface area contributed by atoms with Crippen LogP contribution in [-0.2, 0) is 0 Å². The minimum absolute atomic E-state index is 0.0653. The Labute approximate surface area is 340 Å². The van der Waals surface area contributed by atoms with E-state index in [1.54, 1.807) is 0 Å². The van der Waals surface area contributed by atoms with Gasteiger partial charge in [0.05, 0.1) is 0 Å². The fraction of sp³-hybridized carbons (Fsp3) is 0.694. The fourth-order valence-corrected chi connectivity index (χ4v) is 6.36. The van der Waals surface area contributed by atoms with Crippen molar-refractivity contribution in [2.45, 2.75) is 195 Å². The third-order valence-corrected chi connectivity index (χ3v) is 9.91. The van der Waals surface area contributed by atoms with Gasteiger partial charge in [0.15, 0.2) is 5.76 Å². The van der Waals surface area contributed by atoms with Crippen molar-refractivity contribution < 1.29 is 9.21 Å². The highest BCUT2D eigenvalue weighted by molar-refractivity contribution is 5.99. The summed E-state index contributed by atoms with van der Waals surface area (Å²) in [4.78, 5) is 16.9. The molecule has 1 aliphatic carbocycles. The zero-order valence-electron chi connectivity index (χ0n) is 39.2. The molecule has 0 spiro atoms. The Morgan fingerprint density at radius 3 is 1.87 bits per heavy atom.